The lowest BCUT2D eigenvalue weighted by atomic mass is 10.1. The molecular formula is C18H18N4OS. The molecule has 0 unspecified atom stereocenters. The summed E-state index contributed by atoms with van der Waals surface area (Å²) in [6, 6.07) is 13.6. The number of aromatic nitrogens is 3. The zero-order valence-electron chi connectivity index (χ0n) is 13.3. The van der Waals surface area contributed by atoms with Crippen molar-refractivity contribution in [3.8, 4) is 16.9 Å². The van der Waals surface area contributed by atoms with Crippen LogP contribution in [-0.4, -0.2) is 32.7 Å². The summed E-state index contributed by atoms with van der Waals surface area (Å²) < 4.78 is 1.74. The third kappa shape index (κ3) is 3.83. The Morgan fingerprint density at radius 1 is 1.21 bits per heavy atom. The van der Waals surface area contributed by atoms with Crippen LogP contribution in [0, 0.1) is 0 Å². The second-order valence-electron chi connectivity index (χ2n) is 5.20. The molecule has 0 aliphatic rings. The number of hydrogen-bond donors (Lipinski definition) is 1. The molecule has 6 heteroatoms. The van der Waals surface area contributed by atoms with Crippen molar-refractivity contribution in [3.05, 3.63) is 61.1 Å². The summed E-state index contributed by atoms with van der Waals surface area (Å²) in [5, 5.41) is 7.62. The lowest BCUT2D eigenvalue weighted by Gasteiger charge is -2.04. The first-order valence-electron chi connectivity index (χ1n) is 7.62. The van der Waals surface area contributed by atoms with Crippen LogP contribution in [0.4, 0.5) is 5.69 Å². The number of rotatable bonds is 6. The maximum Gasteiger partial charge on any atom is 0.225 e. The van der Waals surface area contributed by atoms with Crippen molar-refractivity contribution in [2.75, 3.05) is 17.3 Å². The monoisotopic (exact) mass is 338 g/mol. The molecule has 1 amide bonds. The highest BCUT2D eigenvalue weighted by Gasteiger charge is 2.14. The number of thioether (sulfide) groups is 1. The van der Waals surface area contributed by atoms with E-state index in [0.29, 0.717) is 12.1 Å². The molecule has 1 N–H and O–H groups in total. The molecule has 3 aromatic rings. The van der Waals surface area contributed by atoms with Gasteiger partial charge in [0.2, 0.25) is 5.91 Å². The average molecular weight is 338 g/mol. The zero-order valence-corrected chi connectivity index (χ0v) is 14.2. The van der Waals surface area contributed by atoms with E-state index in [2.05, 4.69) is 15.4 Å². The first-order valence-corrected chi connectivity index (χ1v) is 9.01. The van der Waals surface area contributed by atoms with Crippen molar-refractivity contribution < 1.29 is 4.79 Å². The first-order chi connectivity index (χ1) is 11.8. The van der Waals surface area contributed by atoms with Gasteiger partial charge in [0.15, 0.2) is 0 Å². The molecule has 122 valence electrons. The highest BCUT2D eigenvalue weighted by Crippen LogP contribution is 2.27. The lowest BCUT2D eigenvalue weighted by molar-refractivity contribution is -0.115. The highest BCUT2D eigenvalue weighted by molar-refractivity contribution is 7.98. The van der Waals surface area contributed by atoms with E-state index in [4.69, 9.17) is 0 Å². The van der Waals surface area contributed by atoms with E-state index in [1.807, 2.05) is 54.9 Å². The standard InChI is InChI=1S/C18H18N4OS/c1-24-11-9-17(23)20-16-13-22(15-8-5-10-19-12-15)21-18(16)14-6-3-2-4-7-14/h2-8,10,12-13H,9,11H2,1H3,(H,20,23). The zero-order chi connectivity index (χ0) is 16.8. The lowest BCUT2D eigenvalue weighted by Crippen LogP contribution is -2.12. The van der Waals surface area contributed by atoms with Gasteiger partial charge in [-0.3, -0.25) is 9.78 Å². The first kappa shape index (κ1) is 16.3. The van der Waals surface area contributed by atoms with Crippen molar-refractivity contribution in [1.82, 2.24) is 14.8 Å². The molecule has 24 heavy (non-hydrogen) atoms. The SMILES string of the molecule is CSCCC(=O)Nc1cn(-c2cccnc2)nc1-c1ccccc1. The van der Waals surface area contributed by atoms with Crippen LogP contribution in [0.25, 0.3) is 16.9 Å². The molecule has 0 aliphatic heterocycles. The highest BCUT2D eigenvalue weighted by atomic mass is 32.2. The fourth-order valence-electron chi connectivity index (χ4n) is 2.30. The van der Waals surface area contributed by atoms with Crippen LogP contribution in [0.5, 0.6) is 0 Å². The van der Waals surface area contributed by atoms with Gasteiger partial charge in [0.1, 0.15) is 5.69 Å². The Morgan fingerprint density at radius 2 is 2.04 bits per heavy atom. The van der Waals surface area contributed by atoms with Crippen molar-refractivity contribution in [3.63, 3.8) is 0 Å². The van der Waals surface area contributed by atoms with Gasteiger partial charge in [-0.2, -0.15) is 16.9 Å². The minimum Gasteiger partial charge on any atom is -0.323 e. The molecule has 5 nitrogen and oxygen atoms in total. The number of carbonyl (C=O) groups excluding carboxylic acids is 1. The van der Waals surface area contributed by atoms with Crippen LogP contribution >= 0.6 is 11.8 Å². The van der Waals surface area contributed by atoms with Crippen LogP contribution in [0.1, 0.15) is 6.42 Å². The summed E-state index contributed by atoms with van der Waals surface area (Å²) in [5.74, 6) is 0.788. The Morgan fingerprint density at radius 3 is 2.75 bits per heavy atom. The van der Waals surface area contributed by atoms with Crippen molar-refractivity contribution in [2.24, 2.45) is 0 Å². The topological polar surface area (TPSA) is 59.8 Å². The average Bonchev–Trinajstić information content (AvgIpc) is 3.05. The Kier molecular flexibility index (Phi) is 5.28. The quantitative estimate of drug-likeness (QED) is 0.746. The van der Waals surface area contributed by atoms with Gasteiger partial charge < -0.3 is 5.32 Å². The molecule has 0 spiro atoms. The predicted octanol–water partition coefficient (Wildman–Crippen LogP) is 3.63. The van der Waals surface area contributed by atoms with Crippen LogP contribution in [0.3, 0.4) is 0 Å². The molecule has 0 fully saturated rings. The summed E-state index contributed by atoms with van der Waals surface area (Å²) in [4.78, 5) is 16.3. The van der Waals surface area contributed by atoms with E-state index in [1.54, 1.807) is 28.8 Å². The molecule has 2 aromatic heterocycles. The third-order valence-electron chi connectivity index (χ3n) is 3.48. The minimum atomic E-state index is -0.00716. The number of benzene rings is 1. The van der Waals surface area contributed by atoms with Crippen molar-refractivity contribution in [1.29, 1.82) is 0 Å². The van der Waals surface area contributed by atoms with E-state index >= 15 is 0 Å². The summed E-state index contributed by atoms with van der Waals surface area (Å²) in [6.07, 6.45) is 7.75. The fourth-order valence-corrected chi connectivity index (χ4v) is 2.69. The predicted molar refractivity (Wildman–Crippen MR) is 98.4 cm³/mol. The van der Waals surface area contributed by atoms with Gasteiger partial charge in [-0.15, -0.1) is 0 Å². The van der Waals surface area contributed by atoms with E-state index in [-0.39, 0.29) is 5.91 Å². The normalized spacial score (nSPS) is 10.5. The number of hydrogen-bond acceptors (Lipinski definition) is 4. The maximum atomic E-state index is 12.1. The molecule has 3 rings (SSSR count). The number of anilines is 1. The molecular weight excluding hydrogens is 320 g/mol. The molecule has 0 aliphatic carbocycles. The number of nitrogens with one attached hydrogen (secondary N) is 1. The fraction of sp³-hybridized carbons (Fsp3) is 0.167. The minimum absolute atomic E-state index is 0.00716. The summed E-state index contributed by atoms with van der Waals surface area (Å²) in [6.45, 7) is 0. The molecule has 2 heterocycles. The van der Waals surface area contributed by atoms with Crippen LogP contribution in [-0.2, 0) is 4.79 Å². The van der Waals surface area contributed by atoms with Gasteiger partial charge in [0.25, 0.3) is 0 Å². The molecule has 0 saturated heterocycles. The van der Waals surface area contributed by atoms with Gasteiger partial charge in [-0.05, 0) is 18.4 Å². The Balaban J connectivity index is 1.96. The number of carbonyl (C=O) groups is 1. The van der Waals surface area contributed by atoms with Gasteiger partial charge in [0, 0.05) is 23.9 Å². The van der Waals surface area contributed by atoms with Gasteiger partial charge in [0.05, 0.1) is 23.8 Å². The molecule has 0 bridgehead atoms. The Bertz CT molecular complexity index is 802. The van der Waals surface area contributed by atoms with Crippen molar-refractivity contribution in [2.45, 2.75) is 6.42 Å². The second-order valence-corrected chi connectivity index (χ2v) is 6.19. The third-order valence-corrected chi connectivity index (χ3v) is 4.09. The smallest absolute Gasteiger partial charge is 0.225 e. The molecule has 1 aromatic carbocycles. The summed E-state index contributed by atoms with van der Waals surface area (Å²) in [5.41, 5.74) is 3.26. The van der Waals surface area contributed by atoms with E-state index in [0.717, 1.165) is 22.7 Å². The summed E-state index contributed by atoms with van der Waals surface area (Å²) in [7, 11) is 0. The van der Waals surface area contributed by atoms with Gasteiger partial charge in [-0.25, -0.2) is 4.68 Å². The second kappa shape index (κ2) is 7.79. The number of pyridine rings is 1. The molecule has 0 radical (unpaired) electrons. The van der Waals surface area contributed by atoms with Crippen molar-refractivity contribution >= 4 is 23.4 Å². The van der Waals surface area contributed by atoms with Crippen LogP contribution in [0.15, 0.2) is 61.1 Å². The summed E-state index contributed by atoms with van der Waals surface area (Å²) >= 11 is 1.65. The van der Waals surface area contributed by atoms with Gasteiger partial charge >= 0.3 is 0 Å². The Hall–Kier alpha value is -2.60. The Labute approximate surface area is 145 Å². The maximum absolute atomic E-state index is 12.1. The van der Waals surface area contributed by atoms with E-state index < -0.39 is 0 Å². The largest absolute Gasteiger partial charge is 0.323 e. The van der Waals surface area contributed by atoms with E-state index in [9.17, 15) is 4.79 Å². The van der Waals surface area contributed by atoms with Crippen LogP contribution in [0.2, 0.25) is 0 Å². The molecule has 0 saturated carbocycles. The molecule has 0 atom stereocenters. The van der Waals surface area contributed by atoms with Crippen LogP contribution < -0.4 is 5.32 Å². The number of amides is 1. The van der Waals surface area contributed by atoms with E-state index in [1.165, 1.54) is 0 Å². The van der Waals surface area contributed by atoms with Gasteiger partial charge in [-0.1, -0.05) is 30.3 Å². The number of nitrogens with zero attached hydrogens (tertiary/aromatic N) is 3.